The van der Waals surface area contributed by atoms with Crippen LogP contribution in [0, 0.1) is 6.92 Å². The van der Waals surface area contributed by atoms with Gasteiger partial charge in [-0.25, -0.2) is 0 Å². The lowest BCUT2D eigenvalue weighted by Gasteiger charge is -2.25. The molecule has 1 N–H and O–H groups in total. The Morgan fingerprint density at radius 2 is 2.14 bits per heavy atom. The maximum absolute atomic E-state index is 5.95. The number of methoxy groups -OCH3 is 1. The minimum Gasteiger partial charge on any atom is -0.491 e. The van der Waals surface area contributed by atoms with Gasteiger partial charge in [0.05, 0.1) is 6.10 Å². The van der Waals surface area contributed by atoms with E-state index in [9.17, 15) is 0 Å². The van der Waals surface area contributed by atoms with E-state index in [0.717, 1.165) is 45.0 Å². The third-order valence-corrected chi connectivity index (χ3v) is 3.91. The van der Waals surface area contributed by atoms with Gasteiger partial charge < -0.3 is 19.7 Å². The van der Waals surface area contributed by atoms with Gasteiger partial charge >= 0.3 is 0 Å². The lowest BCUT2D eigenvalue weighted by atomic mass is 10.1. The SMILES string of the molecule is COCCC(C)Oc1ccc(N2CCCNCC2)c(C)c1. The molecule has 0 aromatic heterocycles. The molecule has 4 nitrogen and oxygen atoms in total. The Bertz CT molecular complexity index is 429. The second kappa shape index (κ2) is 8.25. The van der Waals surface area contributed by atoms with Gasteiger partial charge in [0.15, 0.2) is 0 Å². The highest BCUT2D eigenvalue weighted by Gasteiger charge is 2.13. The van der Waals surface area contributed by atoms with E-state index in [1.165, 1.54) is 17.7 Å². The number of rotatable bonds is 6. The molecule has 0 saturated carbocycles. The molecule has 0 radical (unpaired) electrons. The van der Waals surface area contributed by atoms with Crippen LogP contribution in [-0.4, -0.2) is 46.0 Å². The van der Waals surface area contributed by atoms with E-state index in [0.29, 0.717) is 0 Å². The third-order valence-electron chi connectivity index (χ3n) is 3.91. The van der Waals surface area contributed by atoms with Crippen LogP contribution >= 0.6 is 0 Å². The second-order valence-electron chi connectivity index (χ2n) is 5.75. The van der Waals surface area contributed by atoms with Gasteiger partial charge in [-0.15, -0.1) is 0 Å². The molecule has 1 atom stereocenters. The number of hydrogen-bond acceptors (Lipinski definition) is 4. The monoisotopic (exact) mass is 292 g/mol. The first-order chi connectivity index (χ1) is 10.2. The van der Waals surface area contributed by atoms with Crippen LogP contribution in [0.15, 0.2) is 18.2 Å². The van der Waals surface area contributed by atoms with Crippen molar-refractivity contribution in [3.63, 3.8) is 0 Å². The van der Waals surface area contributed by atoms with Crippen LogP contribution in [0.4, 0.5) is 5.69 Å². The number of aryl methyl sites for hydroxylation is 1. The minimum absolute atomic E-state index is 0.178. The van der Waals surface area contributed by atoms with Crippen LogP contribution in [0.2, 0.25) is 0 Å². The normalized spacial score (nSPS) is 17.4. The van der Waals surface area contributed by atoms with E-state index in [1.54, 1.807) is 7.11 Å². The van der Waals surface area contributed by atoms with Crippen LogP contribution in [0.1, 0.15) is 25.3 Å². The molecule has 1 aliphatic rings. The summed E-state index contributed by atoms with van der Waals surface area (Å²) in [6.45, 7) is 9.37. The fraction of sp³-hybridized carbons (Fsp3) is 0.647. The van der Waals surface area contributed by atoms with Gasteiger partial charge in [-0.1, -0.05) is 0 Å². The first-order valence-corrected chi connectivity index (χ1v) is 7.92. The molecule has 1 saturated heterocycles. The zero-order chi connectivity index (χ0) is 15.1. The van der Waals surface area contributed by atoms with Gasteiger partial charge in [0, 0.05) is 45.5 Å². The maximum Gasteiger partial charge on any atom is 0.120 e. The average Bonchev–Trinajstić information content (AvgIpc) is 2.74. The summed E-state index contributed by atoms with van der Waals surface area (Å²) in [6, 6.07) is 6.43. The van der Waals surface area contributed by atoms with E-state index in [4.69, 9.17) is 9.47 Å². The first-order valence-electron chi connectivity index (χ1n) is 7.92. The molecular formula is C17H28N2O2. The number of nitrogens with one attached hydrogen (secondary N) is 1. The van der Waals surface area contributed by atoms with Crippen molar-refractivity contribution in [3.8, 4) is 5.75 Å². The van der Waals surface area contributed by atoms with Crippen LogP contribution in [0.25, 0.3) is 0 Å². The summed E-state index contributed by atoms with van der Waals surface area (Å²) >= 11 is 0. The third kappa shape index (κ3) is 4.90. The number of anilines is 1. The standard InChI is InChI=1S/C17H28N2O2/c1-14-13-16(21-15(2)7-12-20-3)5-6-17(14)19-10-4-8-18-9-11-19/h5-6,13,15,18H,4,7-12H2,1-3H3. The minimum atomic E-state index is 0.178. The molecule has 21 heavy (non-hydrogen) atoms. The summed E-state index contributed by atoms with van der Waals surface area (Å²) in [7, 11) is 1.72. The van der Waals surface area contributed by atoms with Crippen molar-refractivity contribution in [2.75, 3.05) is 44.8 Å². The van der Waals surface area contributed by atoms with Crippen molar-refractivity contribution in [2.45, 2.75) is 32.8 Å². The summed E-state index contributed by atoms with van der Waals surface area (Å²) < 4.78 is 11.0. The molecule has 1 aromatic carbocycles. The summed E-state index contributed by atoms with van der Waals surface area (Å²) in [5.74, 6) is 0.952. The highest BCUT2D eigenvalue weighted by atomic mass is 16.5. The topological polar surface area (TPSA) is 33.7 Å². The summed E-state index contributed by atoms with van der Waals surface area (Å²) in [5, 5.41) is 3.45. The summed E-state index contributed by atoms with van der Waals surface area (Å²) in [5.41, 5.74) is 2.61. The Morgan fingerprint density at radius 1 is 1.29 bits per heavy atom. The van der Waals surface area contributed by atoms with E-state index >= 15 is 0 Å². The Hall–Kier alpha value is -1.26. The largest absolute Gasteiger partial charge is 0.491 e. The fourth-order valence-corrected chi connectivity index (χ4v) is 2.72. The molecule has 1 aliphatic heterocycles. The van der Waals surface area contributed by atoms with Crippen molar-refractivity contribution in [1.82, 2.24) is 5.32 Å². The van der Waals surface area contributed by atoms with Gasteiger partial charge in [-0.3, -0.25) is 0 Å². The van der Waals surface area contributed by atoms with Gasteiger partial charge in [-0.2, -0.15) is 0 Å². The molecule has 1 unspecified atom stereocenters. The Kier molecular flexibility index (Phi) is 6.33. The van der Waals surface area contributed by atoms with Crippen molar-refractivity contribution in [3.05, 3.63) is 23.8 Å². The molecule has 2 rings (SSSR count). The molecule has 1 heterocycles. The average molecular weight is 292 g/mol. The van der Waals surface area contributed by atoms with E-state index in [-0.39, 0.29) is 6.10 Å². The van der Waals surface area contributed by atoms with Crippen LogP contribution in [0.3, 0.4) is 0 Å². The molecule has 1 aromatic rings. The lowest BCUT2D eigenvalue weighted by Crippen LogP contribution is -2.28. The molecule has 0 spiro atoms. The number of hydrogen-bond donors (Lipinski definition) is 1. The fourth-order valence-electron chi connectivity index (χ4n) is 2.72. The van der Waals surface area contributed by atoms with Crippen molar-refractivity contribution < 1.29 is 9.47 Å². The van der Waals surface area contributed by atoms with E-state index in [2.05, 4.69) is 42.3 Å². The molecule has 4 heteroatoms. The zero-order valence-electron chi connectivity index (χ0n) is 13.5. The smallest absolute Gasteiger partial charge is 0.120 e. The van der Waals surface area contributed by atoms with Crippen LogP contribution in [0.5, 0.6) is 5.75 Å². The summed E-state index contributed by atoms with van der Waals surface area (Å²) in [6.07, 6.45) is 2.29. The molecular weight excluding hydrogens is 264 g/mol. The predicted octanol–water partition coefficient (Wildman–Crippen LogP) is 2.60. The van der Waals surface area contributed by atoms with E-state index < -0.39 is 0 Å². The van der Waals surface area contributed by atoms with Crippen molar-refractivity contribution in [1.29, 1.82) is 0 Å². The molecule has 0 amide bonds. The highest BCUT2D eigenvalue weighted by molar-refractivity contribution is 5.56. The number of benzene rings is 1. The molecule has 118 valence electrons. The van der Waals surface area contributed by atoms with Gasteiger partial charge in [0.1, 0.15) is 5.75 Å². The Labute approximate surface area is 128 Å². The highest BCUT2D eigenvalue weighted by Crippen LogP contribution is 2.26. The first kappa shape index (κ1) is 16.1. The van der Waals surface area contributed by atoms with Crippen molar-refractivity contribution >= 4 is 5.69 Å². The van der Waals surface area contributed by atoms with E-state index in [1.807, 2.05) is 0 Å². The van der Waals surface area contributed by atoms with Gasteiger partial charge in [0.2, 0.25) is 0 Å². The Morgan fingerprint density at radius 3 is 2.90 bits per heavy atom. The number of nitrogens with zero attached hydrogens (tertiary/aromatic N) is 1. The van der Waals surface area contributed by atoms with Crippen LogP contribution < -0.4 is 15.0 Å². The van der Waals surface area contributed by atoms with Gasteiger partial charge in [-0.05, 0) is 50.6 Å². The maximum atomic E-state index is 5.95. The predicted molar refractivity (Wildman–Crippen MR) is 87.5 cm³/mol. The lowest BCUT2D eigenvalue weighted by molar-refractivity contribution is 0.135. The van der Waals surface area contributed by atoms with Gasteiger partial charge in [0.25, 0.3) is 0 Å². The second-order valence-corrected chi connectivity index (χ2v) is 5.75. The van der Waals surface area contributed by atoms with Crippen LogP contribution in [-0.2, 0) is 4.74 Å². The zero-order valence-corrected chi connectivity index (χ0v) is 13.5. The quantitative estimate of drug-likeness (QED) is 0.874. The summed E-state index contributed by atoms with van der Waals surface area (Å²) in [4.78, 5) is 2.47. The van der Waals surface area contributed by atoms with Crippen molar-refractivity contribution in [2.24, 2.45) is 0 Å². The molecule has 0 aliphatic carbocycles. The number of ether oxygens (including phenoxy) is 2. The molecule has 0 bridgehead atoms. The Balaban J connectivity index is 1.99. The molecule has 1 fully saturated rings.